The van der Waals surface area contributed by atoms with Gasteiger partial charge in [-0.2, -0.15) is 0 Å². The number of carbonyl (C=O) groups excluding carboxylic acids is 1. The quantitative estimate of drug-likeness (QED) is 0.587. The van der Waals surface area contributed by atoms with Crippen molar-refractivity contribution in [2.45, 2.75) is 12.8 Å². The van der Waals surface area contributed by atoms with Gasteiger partial charge in [-0.25, -0.2) is 8.78 Å². The van der Waals surface area contributed by atoms with E-state index in [1.54, 1.807) is 6.07 Å². The van der Waals surface area contributed by atoms with E-state index in [9.17, 15) is 13.6 Å². The van der Waals surface area contributed by atoms with E-state index >= 15 is 0 Å². The Bertz CT molecular complexity index is 366. The lowest BCUT2D eigenvalue weighted by Gasteiger charge is -2.07. The molecule has 0 N–H and O–H groups in total. The molecular weight excluding hydrogens is 334 g/mol. The van der Waals surface area contributed by atoms with Gasteiger partial charge in [-0.15, -0.1) is 0 Å². The molecule has 15 heavy (non-hydrogen) atoms. The highest BCUT2D eigenvalue weighted by molar-refractivity contribution is 9.10. The van der Waals surface area contributed by atoms with E-state index in [4.69, 9.17) is 0 Å². The van der Waals surface area contributed by atoms with Crippen molar-refractivity contribution in [2.75, 3.05) is 5.33 Å². The van der Waals surface area contributed by atoms with E-state index in [1.165, 1.54) is 12.1 Å². The molecule has 1 rings (SSSR count). The largest absolute Gasteiger partial charge is 0.294 e. The number of carbonyl (C=O) groups is 1. The molecule has 0 aromatic heterocycles. The van der Waals surface area contributed by atoms with Crippen LogP contribution < -0.4 is 0 Å². The zero-order valence-electron chi connectivity index (χ0n) is 7.64. The second-order valence-corrected chi connectivity index (χ2v) is 4.60. The van der Waals surface area contributed by atoms with Crippen LogP contribution in [-0.4, -0.2) is 11.1 Å². The van der Waals surface area contributed by atoms with Crippen LogP contribution in [0.4, 0.5) is 8.78 Å². The van der Waals surface area contributed by atoms with Crippen LogP contribution in [0.3, 0.4) is 0 Å². The molecule has 0 fully saturated rings. The molecule has 82 valence electrons. The number of benzene rings is 1. The highest BCUT2D eigenvalue weighted by atomic mass is 79.9. The van der Waals surface area contributed by atoms with Crippen LogP contribution >= 0.6 is 31.9 Å². The molecule has 0 aliphatic carbocycles. The van der Waals surface area contributed by atoms with Crippen LogP contribution in [0.15, 0.2) is 22.7 Å². The number of halogens is 4. The van der Waals surface area contributed by atoms with Crippen molar-refractivity contribution >= 4 is 37.6 Å². The second kappa shape index (κ2) is 5.70. The van der Waals surface area contributed by atoms with Crippen molar-refractivity contribution in [3.05, 3.63) is 33.8 Å². The Balaban J connectivity index is 3.11. The lowest BCUT2D eigenvalue weighted by molar-refractivity contribution is 0.0976. The van der Waals surface area contributed by atoms with Crippen molar-refractivity contribution in [3.63, 3.8) is 0 Å². The first-order valence-electron chi connectivity index (χ1n) is 4.23. The third-order valence-corrected chi connectivity index (χ3v) is 2.76. The molecule has 0 saturated carbocycles. The van der Waals surface area contributed by atoms with Crippen molar-refractivity contribution in [2.24, 2.45) is 0 Å². The molecule has 1 nitrogen and oxygen atoms in total. The normalized spacial score (nSPS) is 10.7. The smallest absolute Gasteiger partial charge is 0.264 e. The van der Waals surface area contributed by atoms with Crippen LogP contribution in [0, 0.1) is 0 Å². The summed E-state index contributed by atoms with van der Waals surface area (Å²) in [5.74, 6) is -0.269. The number of hydrogen-bond acceptors (Lipinski definition) is 1. The molecule has 0 aliphatic heterocycles. The SMILES string of the molecule is O=C(CCBr)c1ccc(Br)cc1C(F)F. The minimum absolute atomic E-state index is 0.104. The number of hydrogen-bond donors (Lipinski definition) is 0. The van der Waals surface area contributed by atoms with Crippen LogP contribution in [0.5, 0.6) is 0 Å². The molecule has 0 heterocycles. The third-order valence-electron chi connectivity index (χ3n) is 1.87. The molecule has 0 saturated heterocycles. The van der Waals surface area contributed by atoms with E-state index < -0.39 is 6.43 Å². The van der Waals surface area contributed by atoms with Gasteiger partial charge in [-0.1, -0.05) is 31.9 Å². The van der Waals surface area contributed by atoms with Gasteiger partial charge in [0.2, 0.25) is 0 Å². The van der Waals surface area contributed by atoms with Crippen LogP contribution in [-0.2, 0) is 0 Å². The fourth-order valence-electron chi connectivity index (χ4n) is 1.19. The molecule has 1 aromatic carbocycles. The molecule has 0 atom stereocenters. The van der Waals surface area contributed by atoms with Gasteiger partial charge in [0.15, 0.2) is 5.78 Å². The van der Waals surface area contributed by atoms with Gasteiger partial charge < -0.3 is 0 Å². The monoisotopic (exact) mass is 340 g/mol. The summed E-state index contributed by atoms with van der Waals surface area (Å²) in [5.41, 5.74) is -0.108. The minimum Gasteiger partial charge on any atom is -0.294 e. The number of alkyl halides is 3. The summed E-state index contributed by atoms with van der Waals surface area (Å²) in [7, 11) is 0. The average Bonchev–Trinajstić information content (AvgIpc) is 2.17. The predicted molar refractivity (Wildman–Crippen MR) is 61.8 cm³/mol. The first kappa shape index (κ1) is 12.8. The van der Waals surface area contributed by atoms with Gasteiger partial charge >= 0.3 is 0 Å². The van der Waals surface area contributed by atoms with Crippen molar-refractivity contribution in [1.29, 1.82) is 0 Å². The fourth-order valence-corrected chi connectivity index (χ4v) is 1.93. The Morgan fingerprint density at radius 1 is 1.40 bits per heavy atom. The Kier molecular flexibility index (Phi) is 4.86. The lowest BCUT2D eigenvalue weighted by Crippen LogP contribution is -2.04. The molecule has 1 aromatic rings. The maximum atomic E-state index is 12.6. The minimum atomic E-state index is -2.63. The van der Waals surface area contributed by atoms with E-state index in [2.05, 4.69) is 31.9 Å². The number of ketones is 1. The molecule has 0 bridgehead atoms. The van der Waals surface area contributed by atoms with Gasteiger partial charge in [0.1, 0.15) is 0 Å². The van der Waals surface area contributed by atoms with Gasteiger partial charge in [-0.05, 0) is 18.2 Å². The van der Waals surface area contributed by atoms with Crippen LogP contribution in [0.25, 0.3) is 0 Å². The number of Topliss-reactive ketones (excluding diaryl/α,β-unsaturated/α-hetero) is 1. The summed E-state index contributed by atoms with van der Waals surface area (Å²) in [5, 5.41) is 0.477. The highest BCUT2D eigenvalue weighted by Crippen LogP contribution is 2.27. The Hall–Kier alpha value is -0.290. The number of rotatable bonds is 4. The second-order valence-electron chi connectivity index (χ2n) is 2.89. The summed E-state index contributed by atoms with van der Waals surface area (Å²) < 4.78 is 25.8. The van der Waals surface area contributed by atoms with Crippen molar-refractivity contribution in [1.82, 2.24) is 0 Å². The summed E-state index contributed by atoms with van der Waals surface area (Å²) in [6.07, 6.45) is -2.40. The molecule has 0 radical (unpaired) electrons. The maximum absolute atomic E-state index is 12.6. The van der Waals surface area contributed by atoms with Gasteiger partial charge in [0, 0.05) is 27.4 Å². The Labute approximate surface area is 103 Å². The standard InChI is InChI=1S/C10H8Br2F2O/c11-4-3-9(15)7-2-1-6(12)5-8(7)10(13)14/h1-2,5,10H,3-4H2. The van der Waals surface area contributed by atoms with E-state index in [-0.39, 0.29) is 23.3 Å². The van der Waals surface area contributed by atoms with Gasteiger partial charge in [0.25, 0.3) is 6.43 Å². The highest BCUT2D eigenvalue weighted by Gasteiger charge is 2.17. The van der Waals surface area contributed by atoms with E-state index in [0.29, 0.717) is 9.80 Å². The van der Waals surface area contributed by atoms with Crippen molar-refractivity contribution < 1.29 is 13.6 Å². The van der Waals surface area contributed by atoms with Crippen molar-refractivity contribution in [3.8, 4) is 0 Å². The predicted octanol–water partition coefficient (Wildman–Crippen LogP) is 4.35. The summed E-state index contributed by atoms with van der Waals surface area (Å²) in [4.78, 5) is 11.5. The Morgan fingerprint density at radius 2 is 2.07 bits per heavy atom. The summed E-state index contributed by atoms with van der Waals surface area (Å²) in [6.45, 7) is 0. The first-order chi connectivity index (χ1) is 7.06. The van der Waals surface area contributed by atoms with E-state index in [0.717, 1.165) is 0 Å². The topological polar surface area (TPSA) is 17.1 Å². The lowest BCUT2D eigenvalue weighted by atomic mass is 10.0. The zero-order valence-corrected chi connectivity index (χ0v) is 10.8. The molecule has 5 heteroatoms. The van der Waals surface area contributed by atoms with Crippen LogP contribution in [0.2, 0.25) is 0 Å². The maximum Gasteiger partial charge on any atom is 0.264 e. The molecule has 0 spiro atoms. The Morgan fingerprint density at radius 3 is 2.60 bits per heavy atom. The molecule has 0 aliphatic rings. The molecule has 0 unspecified atom stereocenters. The zero-order chi connectivity index (χ0) is 11.4. The van der Waals surface area contributed by atoms with Gasteiger partial charge in [-0.3, -0.25) is 4.79 Å². The summed E-state index contributed by atoms with van der Waals surface area (Å²) >= 11 is 6.20. The molecular formula is C10H8Br2F2O. The van der Waals surface area contributed by atoms with Crippen LogP contribution in [0.1, 0.15) is 28.8 Å². The summed E-state index contributed by atoms with van der Waals surface area (Å²) in [6, 6.07) is 4.30. The van der Waals surface area contributed by atoms with Gasteiger partial charge in [0.05, 0.1) is 0 Å². The molecule has 0 amide bonds. The third kappa shape index (κ3) is 3.34. The average molecular weight is 342 g/mol. The van der Waals surface area contributed by atoms with E-state index in [1.807, 2.05) is 0 Å². The first-order valence-corrected chi connectivity index (χ1v) is 6.14. The fraction of sp³-hybridized carbons (Fsp3) is 0.300.